The van der Waals surface area contributed by atoms with E-state index in [4.69, 9.17) is 18.9 Å². The van der Waals surface area contributed by atoms with Gasteiger partial charge in [0, 0.05) is 13.0 Å². The van der Waals surface area contributed by atoms with Gasteiger partial charge in [0.25, 0.3) is 0 Å². The molecule has 2 heterocycles. The number of hydrogen-bond acceptors (Lipinski definition) is 8. The van der Waals surface area contributed by atoms with Gasteiger partial charge in [-0.15, -0.1) is 0 Å². The second kappa shape index (κ2) is 9.40. The minimum Gasteiger partial charge on any atom is -0.490 e. The molecule has 0 spiro atoms. The summed E-state index contributed by atoms with van der Waals surface area (Å²) in [6.45, 7) is 1.40. The van der Waals surface area contributed by atoms with E-state index in [9.17, 15) is 18.0 Å². The van der Waals surface area contributed by atoms with Crippen molar-refractivity contribution in [3.63, 3.8) is 0 Å². The van der Waals surface area contributed by atoms with Crippen LogP contribution in [-0.2, 0) is 19.5 Å². The molecule has 1 unspecified atom stereocenters. The third-order valence-corrected chi connectivity index (χ3v) is 7.60. The van der Waals surface area contributed by atoms with Gasteiger partial charge < -0.3 is 18.9 Å². The van der Waals surface area contributed by atoms with Crippen molar-refractivity contribution in [2.45, 2.75) is 30.2 Å². The topological polar surface area (TPSA) is 108 Å². The molecule has 0 N–H and O–H groups in total. The van der Waals surface area contributed by atoms with Crippen LogP contribution in [0.2, 0.25) is 0 Å². The van der Waals surface area contributed by atoms with Gasteiger partial charge in [0.15, 0.2) is 11.5 Å². The summed E-state index contributed by atoms with van der Waals surface area (Å²) in [5, 5.41) is 0. The van der Waals surface area contributed by atoms with Crippen LogP contribution < -0.4 is 9.47 Å². The molecule has 0 amide bonds. The van der Waals surface area contributed by atoms with E-state index >= 15 is 0 Å². The predicted molar refractivity (Wildman–Crippen MR) is 117 cm³/mol. The number of sulfonamides is 1. The highest BCUT2D eigenvalue weighted by Crippen LogP contribution is 2.40. The van der Waals surface area contributed by atoms with Gasteiger partial charge in [-0.25, -0.2) is 18.0 Å². The Labute approximate surface area is 192 Å². The smallest absolute Gasteiger partial charge is 0.337 e. The lowest BCUT2D eigenvalue weighted by molar-refractivity contribution is 0.0598. The van der Waals surface area contributed by atoms with Crippen LogP contribution in [0.5, 0.6) is 11.5 Å². The Kier molecular flexibility index (Phi) is 6.57. The molecule has 2 aromatic carbocycles. The van der Waals surface area contributed by atoms with Crippen molar-refractivity contribution in [2.75, 3.05) is 34.0 Å². The summed E-state index contributed by atoms with van der Waals surface area (Å²) < 4.78 is 49.6. The molecular weight excluding hydrogens is 450 g/mol. The Morgan fingerprint density at radius 3 is 2.18 bits per heavy atom. The van der Waals surface area contributed by atoms with E-state index in [-0.39, 0.29) is 16.0 Å². The van der Waals surface area contributed by atoms with Crippen LogP contribution in [0.4, 0.5) is 0 Å². The molecule has 0 bridgehead atoms. The molecule has 2 aliphatic rings. The Morgan fingerprint density at radius 1 is 0.909 bits per heavy atom. The normalized spacial score (nSPS) is 18.4. The zero-order valence-electron chi connectivity index (χ0n) is 18.4. The molecule has 0 aromatic heterocycles. The lowest BCUT2D eigenvalue weighted by Gasteiger charge is -2.25. The summed E-state index contributed by atoms with van der Waals surface area (Å²) in [6.07, 6.45) is 2.06. The summed E-state index contributed by atoms with van der Waals surface area (Å²) in [4.78, 5) is 24.1. The van der Waals surface area contributed by atoms with Crippen LogP contribution in [0.1, 0.15) is 51.6 Å². The average Bonchev–Trinajstić information content (AvgIpc) is 3.22. The first-order chi connectivity index (χ1) is 15.8. The average molecular weight is 476 g/mol. The highest BCUT2D eigenvalue weighted by molar-refractivity contribution is 7.89. The largest absolute Gasteiger partial charge is 0.490 e. The number of carbonyl (C=O) groups is 2. The van der Waals surface area contributed by atoms with Crippen molar-refractivity contribution in [3.8, 4) is 11.5 Å². The van der Waals surface area contributed by atoms with E-state index < -0.39 is 28.0 Å². The van der Waals surface area contributed by atoms with Crippen LogP contribution in [-0.4, -0.2) is 58.6 Å². The molecule has 2 aromatic rings. The van der Waals surface area contributed by atoms with Crippen molar-refractivity contribution in [1.82, 2.24) is 4.31 Å². The van der Waals surface area contributed by atoms with Gasteiger partial charge in [-0.05, 0) is 48.7 Å². The zero-order valence-corrected chi connectivity index (χ0v) is 19.2. The van der Waals surface area contributed by atoms with E-state index in [1.54, 1.807) is 6.07 Å². The van der Waals surface area contributed by atoms with Crippen LogP contribution in [0.15, 0.2) is 41.3 Å². The molecule has 9 nitrogen and oxygen atoms in total. The Balaban J connectivity index is 1.73. The van der Waals surface area contributed by atoms with Gasteiger partial charge in [0.05, 0.1) is 49.5 Å². The van der Waals surface area contributed by atoms with E-state index in [0.717, 1.165) is 12.0 Å². The van der Waals surface area contributed by atoms with E-state index in [2.05, 4.69) is 0 Å². The third kappa shape index (κ3) is 4.53. The predicted octanol–water partition coefficient (Wildman–Crippen LogP) is 2.95. The molecule has 0 radical (unpaired) electrons. The number of nitrogens with zero attached hydrogens (tertiary/aromatic N) is 1. The molecule has 1 fully saturated rings. The molecule has 1 saturated heterocycles. The molecule has 4 rings (SSSR count). The SMILES string of the molecule is COC(=O)c1cc(C(=O)OC)cc(S(=O)(=O)N2CCCC2c2ccc3c(c2)OCCCO3)c1. The minimum atomic E-state index is -4.05. The van der Waals surface area contributed by atoms with Gasteiger partial charge in [-0.3, -0.25) is 0 Å². The fourth-order valence-electron chi connectivity index (χ4n) is 4.10. The molecular formula is C23H25NO8S. The third-order valence-electron chi connectivity index (χ3n) is 5.72. The van der Waals surface area contributed by atoms with Crippen LogP contribution in [0.3, 0.4) is 0 Å². The summed E-state index contributed by atoms with van der Waals surface area (Å²) in [6, 6.07) is 8.73. The first-order valence-electron chi connectivity index (χ1n) is 10.6. The maximum absolute atomic E-state index is 13.7. The lowest BCUT2D eigenvalue weighted by atomic mass is 10.0. The maximum Gasteiger partial charge on any atom is 0.337 e. The van der Waals surface area contributed by atoms with Gasteiger partial charge >= 0.3 is 11.9 Å². The zero-order chi connectivity index (χ0) is 23.6. The second-order valence-electron chi connectivity index (χ2n) is 7.76. The molecule has 1 atom stereocenters. The summed E-state index contributed by atoms with van der Waals surface area (Å²) in [5.41, 5.74) is 0.688. The quantitative estimate of drug-likeness (QED) is 0.608. The molecule has 0 saturated carbocycles. The fraction of sp³-hybridized carbons (Fsp3) is 0.391. The lowest BCUT2D eigenvalue weighted by Crippen LogP contribution is -2.31. The summed E-state index contributed by atoms with van der Waals surface area (Å²) >= 11 is 0. The van der Waals surface area contributed by atoms with Gasteiger partial charge in [-0.1, -0.05) is 6.07 Å². The van der Waals surface area contributed by atoms with Gasteiger partial charge in [0.1, 0.15) is 0 Å². The molecule has 33 heavy (non-hydrogen) atoms. The monoisotopic (exact) mass is 475 g/mol. The molecule has 2 aliphatic heterocycles. The Morgan fingerprint density at radius 2 is 1.55 bits per heavy atom. The Hall–Kier alpha value is -3.11. The van der Waals surface area contributed by atoms with E-state index in [1.165, 1.54) is 36.7 Å². The number of methoxy groups -OCH3 is 2. The first kappa shape index (κ1) is 23.1. The Bertz CT molecular complexity index is 1140. The van der Waals surface area contributed by atoms with Crippen molar-refractivity contribution < 1.29 is 37.0 Å². The van der Waals surface area contributed by atoms with Gasteiger partial charge in [0.2, 0.25) is 10.0 Å². The van der Waals surface area contributed by atoms with Crippen molar-refractivity contribution in [1.29, 1.82) is 0 Å². The number of carbonyl (C=O) groups excluding carboxylic acids is 2. The van der Waals surface area contributed by atoms with E-state index in [1.807, 2.05) is 12.1 Å². The highest BCUT2D eigenvalue weighted by Gasteiger charge is 2.37. The van der Waals surface area contributed by atoms with Crippen LogP contribution >= 0.6 is 0 Å². The standard InChI is InChI=1S/C23H25NO8S/c1-29-22(25)16-11-17(23(26)30-2)13-18(12-16)33(27,28)24-8-3-5-19(24)15-6-7-20-21(14-15)32-10-4-9-31-20/h6-7,11-14,19H,3-5,8-10H2,1-2H3. The number of fused-ring (bicyclic) bond motifs is 1. The number of benzene rings is 2. The number of ether oxygens (including phenoxy) is 4. The van der Waals surface area contributed by atoms with E-state index in [0.29, 0.717) is 44.1 Å². The second-order valence-corrected chi connectivity index (χ2v) is 9.65. The van der Waals surface area contributed by atoms with Crippen molar-refractivity contribution >= 4 is 22.0 Å². The van der Waals surface area contributed by atoms with Crippen molar-refractivity contribution in [3.05, 3.63) is 53.1 Å². The number of hydrogen-bond donors (Lipinski definition) is 0. The van der Waals surface area contributed by atoms with Crippen LogP contribution in [0.25, 0.3) is 0 Å². The van der Waals surface area contributed by atoms with Gasteiger partial charge in [-0.2, -0.15) is 4.31 Å². The number of esters is 2. The minimum absolute atomic E-state index is 0.0506. The summed E-state index contributed by atoms with van der Waals surface area (Å²) in [5.74, 6) is -0.275. The first-order valence-corrected chi connectivity index (χ1v) is 12.0. The van der Waals surface area contributed by atoms with Crippen molar-refractivity contribution in [2.24, 2.45) is 0 Å². The molecule has 176 valence electrons. The highest BCUT2D eigenvalue weighted by atomic mass is 32.2. The maximum atomic E-state index is 13.7. The molecule has 10 heteroatoms. The molecule has 0 aliphatic carbocycles. The number of rotatable bonds is 5. The fourth-order valence-corrected chi connectivity index (χ4v) is 5.86. The van der Waals surface area contributed by atoms with Crippen LogP contribution in [0, 0.1) is 0 Å². The summed E-state index contributed by atoms with van der Waals surface area (Å²) in [7, 11) is -1.68.